The van der Waals surface area contributed by atoms with Crippen molar-refractivity contribution in [1.82, 2.24) is 0 Å². The Hall–Kier alpha value is -0.470. The zero-order valence-corrected chi connectivity index (χ0v) is 8.95. The normalized spacial score (nSPS) is 11.5. The number of alkyl halides is 3. The van der Waals surface area contributed by atoms with Crippen LogP contribution in [0.15, 0.2) is 11.6 Å². The van der Waals surface area contributed by atoms with Crippen molar-refractivity contribution in [3.63, 3.8) is 0 Å². The lowest BCUT2D eigenvalue weighted by Gasteiger charge is -2.08. The Morgan fingerprint density at radius 2 is 1.43 bits per heavy atom. The third-order valence-electron chi connectivity index (χ3n) is 2.07. The molecule has 0 unspecified atom stereocenters. The fraction of sp³-hybridized carbons (Fsp3) is 0.818. The summed E-state index contributed by atoms with van der Waals surface area (Å²) in [5.74, 6) is 0. The molecular formula is C11H19F3. The first-order valence-corrected chi connectivity index (χ1v) is 5.27. The monoisotopic (exact) mass is 208 g/mol. The molecule has 0 bridgehead atoms. The molecule has 14 heavy (non-hydrogen) atoms. The van der Waals surface area contributed by atoms with Gasteiger partial charge in [-0.2, -0.15) is 13.2 Å². The molecule has 0 atom stereocenters. The maximum absolute atomic E-state index is 12.1. The highest BCUT2D eigenvalue weighted by Gasteiger charge is 2.23. The van der Waals surface area contributed by atoms with Crippen molar-refractivity contribution in [3.8, 4) is 0 Å². The first-order chi connectivity index (χ1) is 6.49. The zero-order chi connectivity index (χ0) is 11.0. The van der Waals surface area contributed by atoms with Crippen molar-refractivity contribution in [2.24, 2.45) is 0 Å². The Labute approximate surface area is 84.2 Å². The van der Waals surface area contributed by atoms with Crippen molar-refractivity contribution in [1.29, 1.82) is 0 Å². The summed E-state index contributed by atoms with van der Waals surface area (Å²) in [5.41, 5.74) is 0.557. The third-order valence-corrected chi connectivity index (χ3v) is 2.07. The van der Waals surface area contributed by atoms with Gasteiger partial charge in [0.1, 0.15) is 0 Å². The number of hydrogen-bond acceptors (Lipinski definition) is 0. The molecule has 0 nitrogen and oxygen atoms in total. The van der Waals surface area contributed by atoms with E-state index in [2.05, 4.69) is 0 Å². The molecule has 0 spiro atoms. The Morgan fingerprint density at radius 3 is 1.71 bits per heavy atom. The molecule has 3 heteroatoms. The Morgan fingerprint density at radius 1 is 1.00 bits per heavy atom. The summed E-state index contributed by atoms with van der Waals surface area (Å²) in [5, 5.41) is 0. The lowest BCUT2D eigenvalue weighted by molar-refractivity contribution is -0.0807. The van der Waals surface area contributed by atoms with Gasteiger partial charge in [0.25, 0.3) is 0 Å². The second-order valence-corrected chi connectivity index (χ2v) is 3.55. The second-order valence-electron chi connectivity index (χ2n) is 3.55. The van der Waals surface area contributed by atoms with Gasteiger partial charge >= 0.3 is 6.18 Å². The van der Waals surface area contributed by atoms with Gasteiger partial charge in [-0.1, -0.05) is 32.3 Å². The van der Waals surface area contributed by atoms with Gasteiger partial charge in [-0.25, -0.2) is 0 Å². The van der Waals surface area contributed by atoms with E-state index in [9.17, 15) is 13.2 Å². The summed E-state index contributed by atoms with van der Waals surface area (Å²) in [7, 11) is 0. The number of allylic oxidation sites excluding steroid dienone is 2. The number of hydrogen-bond donors (Lipinski definition) is 0. The summed E-state index contributed by atoms with van der Waals surface area (Å²) in [4.78, 5) is 0. The smallest absolute Gasteiger partial charge is 0.167 e. The van der Waals surface area contributed by atoms with Crippen LogP contribution in [0.4, 0.5) is 13.2 Å². The van der Waals surface area contributed by atoms with E-state index < -0.39 is 6.18 Å². The molecule has 0 amide bonds. The highest BCUT2D eigenvalue weighted by Crippen LogP contribution is 2.24. The van der Waals surface area contributed by atoms with Crippen LogP contribution in [0.3, 0.4) is 0 Å². The highest BCUT2D eigenvalue weighted by molar-refractivity contribution is 5.05. The molecule has 0 saturated carbocycles. The lowest BCUT2D eigenvalue weighted by Crippen LogP contribution is -2.03. The van der Waals surface area contributed by atoms with Gasteiger partial charge in [-0.3, -0.25) is 0 Å². The first kappa shape index (κ1) is 13.5. The van der Waals surface area contributed by atoms with Gasteiger partial charge in [0.05, 0.1) is 0 Å². The quantitative estimate of drug-likeness (QED) is 0.547. The SMILES string of the molecule is CCCCC(=CC(F)(F)F)CCCC. The highest BCUT2D eigenvalue weighted by atomic mass is 19.4. The van der Waals surface area contributed by atoms with Gasteiger partial charge in [0.15, 0.2) is 0 Å². The molecule has 0 aliphatic carbocycles. The zero-order valence-electron chi connectivity index (χ0n) is 8.95. The minimum absolute atomic E-state index is 0.484. The van der Waals surface area contributed by atoms with E-state index in [1.807, 2.05) is 13.8 Å². The molecule has 0 fully saturated rings. The molecule has 0 aliphatic rings. The molecule has 0 N–H and O–H groups in total. The fourth-order valence-corrected chi connectivity index (χ4v) is 1.31. The van der Waals surface area contributed by atoms with Crippen molar-refractivity contribution in [2.45, 2.75) is 58.5 Å². The summed E-state index contributed by atoms with van der Waals surface area (Å²) in [6.07, 6.45) is 1.13. The van der Waals surface area contributed by atoms with Gasteiger partial charge in [0, 0.05) is 6.08 Å². The van der Waals surface area contributed by atoms with E-state index in [-0.39, 0.29) is 0 Å². The Bertz CT molecular complexity index is 158. The predicted octanol–water partition coefficient (Wildman–Crippen LogP) is 4.86. The van der Waals surface area contributed by atoms with Crippen LogP contribution >= 0.6 is 0 Å². The Balaban J connectivity index is 4.15. The third kappa shape index (κ3) is 8.14. The molecule has 0 aromatic heterocycles. The van der Waals surface area contributed by atoms with Gasteiger partial charge in [0.2, 0.25) is 0 Å². The summed E-state index contributed by atoms with van der Waals surface area (Å²) in [6.45, 7) is 3.98. The summed E-state index contributed by atoms with van der Waals surface area (Å²) in [6, 6.07) is 0. The van der Waals surface area contributed by atoms with Gasteiger partial charge in [-0.15, -0.1) is 0 Å². The van der Waals surface area contributed by atoms with Crippen molar-refractivity contribution < 1.29 is 13.2 Å². The van der Waals surface area contributed by atoms with Crippen LogP contribution in [0.5, 0.6) is 0 Å². The largest absolute Gasteiger partial charge is 0.409 e. The van der Waals surface area contributed by atoms with Crippen LogP contribution in [0, 0.1) is 0 Å². The minimum atomic E-state index is -4.14. The van der Waals surface area contributed by atoms with E-state index in [0.29, 0.717) is 24.5 Å². The summed E-state index contributed by atoms with van der Waals surface area (Å²) < 4.78 is 36.3. The molecule has 0 radical (unpaired) electrons. The first-order valence-electron chi connectivity index (χ1n) is 5.27. The van der Waals surface area contributed by atoms with Crippen LogP contribution in [0.25, 0.3) is 0 Å². The molecule has 0 aliphatic heterocycles. The van der Waals surface area contributed by atoms with Crippen molar-refractivity contribution in [2.75, 3.05) is 0 Å². The topological polar surface area (TPSA) is 0 Å². The number of unbranched alkanes of at least 4 members (excludes halogenated alkanes) is 2. The van der Waals surface area contributed by atoms with Crippen LogP contribution in [-0.4, -0.2) is 6.18 Å². The summed E-state index contributed by atoms with van der Waals surface area (Å²) >= 11 is 0. The van der Waals surface area contributed by atoms with Gasteiger partial charge < -0.3 is 0 Å². The Kier molecular flexibility index (Phi) is 6.67. The predicted molar refractivity (Wildman–Crippen MR) is 53.2 cm³/mol. The van der Waals surface area contributed by atoms with E-state index in [1.54, 1.807) is 0 Å². The molecule has 0 heterocycles. The molecule has 0 aromatic rings. The van der Waals surface area contributed by atoms with E-state index in [0.717, 1.165) is 25.7 Å². The molecule has 0 rings (SSSR count). The maximum Gasteiger partial charge on any atom is 0.409 e. The molecule has 84 valence electrons. The van der Waals surface area contributed by atoms with Crippen molar-refractivity contribution in [3.05, 3.63) is 11.6 Å². The number of halogens is 3. The average Bonchev–Trinajstić information content (AvgIpc) is 2.07. The van der Waals surface area contributed by atoms with Crippen molar-refractivity contribution >= 4 is 0 Å². The van der Waals surface area contributed by atoms with E-state index in [4.69, 9.17) is 0 Å². The number of rotatable bonds is 6. The molecule has 0 saturated heterocycles. The second kappa shape index (κ2) is 6.91. The van der Waals surface area contributed by atoms with Gasteiger partial charge in [-0.05, 0) is 25.7 Å². The fourth-order valence-electron chi connectivity index (χ4n) is 1.31. The van der Waals surface area contributed by atoms with Crippen LogP contribution in [0.1, 0.15) is 52.4 Å². The standard InChI is InChI=1S/C11H19F3/c1-3-5-7-10(8-6-4-2)9-11(12,13)14/h9H,3-8H2,1-2H3. The average molecular weight is 208 g/mol. The van der Waals surface area contributed by atoms with E-state index >= 15 is 0 Å². The maximum atomic E-state index is 12.1. The lowest BCUT2D eigenvalue weighted by atomic mass is 10.0. The minimum Gasteiger partial charge on any atom is -0.167 e. The van der Waals surface area contributed by atoms with Crippen LogP contribution in [-0.2, 0) is 0 Å². The molecular weight excluding hydrogens is 189 g/mol. The van der Waals surface area contributed by atoms with Crippen LogP contribution < -0.4 is 0 Å². The van der Waals surface area contributed by atoms with Crippen LogP contribution in [0.2, 0.25) is 0 Å². The molecule has 0 aromatic carbocycles. The van der Waals surface area contributed by atoms with E-state index in [1.165, 1.54) is 0 Å².